The number of nitrogens with one attached hydrogen (secondary N) is 1. The summed E-state index contributed by atoms with van der Waals surface area (Å²) < 4.78 is 6.34. The van der Waals surface area contributed by atoms with E-state index in [1.165, 1.54) is 7.11 Å². The Labute approximate surface area is 110 Å². The Hall–Kier alpha value is -2.57. The van der Waals surface area contributed by atoms with Crippen LogP contribution in [0.1, 0.15) is 10.4 Å². The Morgan fingerprint density at radius 2 is 2.37 bits per heavy atom. The van der Waals surface area contributed by atoms with Crippen molar-refractivity contribution >= 4 is 17.3 Å². The normalized spacial score (nSPS) is 10.2. The lowest BCUT2D eigenvalue weighted by Crippen LogP contribution is -2.12. The summed E-state index contributed by atoms with van der Waals surface area (Å²) in [6.45, 7) is 1.34. The van der Waals surface area contributed by atoms with Gasteiger partial charge in [0.2, 0.25) is 0 Å². The van der Waals surface area contributed by atoms with Gasteiger partial charge in [-0.05, 0) is 18.2 Å². The molecule has 7 heteroatoms. The second-order valence-electron chi connectivity index (χ2n) is 3.89. The number of carbonyl (C=O) groups is 1. The summed E-state index contributed by atoms with van der Waals surface area (Å²) in [5.74, 6) is -0.402. The molecule has 100 valence electrons. The SMILES string of the molecule is COC(=O)c1ccc(NCCn2ccnn2)c(N)c1. The molecule has 0 bridgehead atoms. The summed E-state index contributed by atoms with van der Waals surface area (Å²) in [5, 5.41) is 10.7. The Kier molecular flexibility index (Phi) is 3.97. The molecule has 1 heterocycles. The van der Waals surface area contributed by atoms with Gasteiger partial charge < -0.3 is 15.8 Å². The fourth-order valence-corrected chi connectivity index (χ4v) is 1.63. The molecule has 2 rings (SSSR count). The number of nitrogens with zero attached hydrogens (tertiary/aromatic N) is 3. The van der Waals surface area contributed by atoms with E-state index in [2.05, 4.69) is 20.4 Å². The van der Waals surface area contributed by atoms with Gasteiger partial charge in [0.1, 0.15) is 0 Å². The number of nitrogen functional groups attached to an aromatic ring is 1. The van der Waals surface area contributed by atoms with Crippen molar-refractivity contribution in [2.75, 3.05) is 24.7 Å². The van der Waals surface area contributed by atoms with E-state index in [-0.39, 0.29) is 0 Å². The monoisotopic (exact) mass is 261 g/mol. The van der Waals surface area contributed by atoms with Crippen molar-refractivity contribution in [3.05, 3.63) is 36.2 Å². The van der Waals surface area contributed by atoms with Crippen LogP contribution in [-0.4, -0.2) is 34.6 Å². The second kappa shape index (κ2) is 5.85. The second-order valence-corrected chi connectivity index (χ2v) is 3.89. The molecule has 0 spiro atoms. The average molecular weight is 261 g/mol. The summed E-state index contributed by atoms with van der Waals surface area (Å²) in [7, 11) is 1.34. The van der Waals surface area contributed by atoms with Crippen molar-refractivity contribution in [2.45, 2.75) is 6.54 Å². The maximum atomic E-state index is 11.3. The van der Waals surface area contributed by atoms with E-state index in [0.29, 0.717) is 24.3 Å². The zero-order valence-electron chi connectivity index (χ0n) is 10.5. The van der Waals surface area contributed by atoms with Crippen molar-refractivity contribution < 1.29 is 9.53 Å². The van der Waals surface area contributed by atoms with Gasteiger partial charge in [0.05, 0.1) is 36.8 Å². The van der Waals surface area contributed by atoms with Crippen molar-refractivity contribution in [3.8, 4) is 0 Å². The highest BCUT2D eigenvalue weighted by Crippen LogP contribution is 2.20. The number of methoxy groups -OCH3 is 1. The van der Waals surface area contributed by atoms with Crippen molar-refractivity contribution in [1.82, 2.24) is 15.0 Å². The van der Waals surface area contributed by atoms with Crippen molar-refractivity contribution in [1.29, 1.82) is 0 Å². The molecule has 3 N–H and O–H groups in total. The Bertz CT molecular complexity index is 553. The minimum Gasteiger partial charge on any atom is -0.465 e. The van der Waals surface area contributed by atoms with Crippen LogP contribution in [0.2, 0.25) is 0 Å². The van der Waals surface area contributed by atoms with Crippen LogP contribution in [0.15, 0.2) is 30.6 Å². The first-order valence-electron chi connectivity index (χ1n) is 5.76. The predicted molar refractivity (Wildman–Crippen MR) is 70.7 cm³/mol. The molecule has 7 nitrogen and oxygen atoms in total. The molecular weight excluding hydrogens is 246 g/mol. The first-order valence-corrected chi connectivity index (χ1v) is 5.76. The third-order valence-corrected chi connectivity index (χ3v) is 2.60. The summed E-state index contributed by atoms with van der Waals surface area (Å²) in [5.41, 5.74) is 7.57. The Morgan fingerprint density at radius 3 is 3.00 bits per heavy atom. The highest BCUT2D eigenvalue weighted by Gasteiger charge is 2.07. The van der Waals surface area contributed by atoms with Crippen molar-refractivity contribution in [2.24, 2.45) is 0 Å². The molecule has 0 saturated carbocycles. The minimum absolute atomic E-state index is 0.402. The van der Waals surface area contributed by atoms with E-state index >= 15 is 0 Å². The maximum Gasteiger partial charge on any atom is 0.337 e. The lowest BCUT2D eigenvalue weighted by molar-refractivity contribution is 0.0601. The number of hydrogen-bond acceptors (Lipinski definition) is 6. The molecular formula is C12H15N5O2. The van der Waals surface area contributed by atoms with Crippen LogP contribution in [0, 0.1) is 0 Å². The fourth-order valence-electron chi connectivity index (χ4n) is 1.63. The largest absolute Gasteiger partial charge is 0.465 e. The van der Waals surface area contributed by atoms with Gasteiger partial charge in [0, 0.05) is 12.7 Å². The number of ether oxygens (including phenoxy) is 1. The third kappa shape index (κ3) is 3.21. The molecule has 0 aliphatic rings. The molecule has 0 radical (unpaired) electrons. The van der Waals surface area contributed by atoms with E-state index < -0.39 is 5.97 Å². The summed E-state index contributed by atoms with van der Waals surface area (Å²) in [6, 6.07) is 5.01. The number of benzene rings is 1. The average Bonchev–Trinajstić information content (AvgIpc) is 2.93. The van der Waals surface area contributed by atoms with Gasteiger partial charge in [0.15, 0.2) is 0 Å². The summed E-state index contributed by atoms with van der Waals surface area (Å²) in [4.78, 5) is 11.3. The third-order valence-electron chi connectivity index (χ3n) is 2.60. The van der Waals surface area contributed by atoms with Crippen molar-refractivity contribution in [3.63, 3.8) is 0 Å². The van der Waals surface area contributed by atoms with Crippen LogP contribution < -0.4 is 11.1 Å². The Balaban J connectivity index is 1.95. The topological polar surface area (TPSA) is 95.1 Å². The lowest BCUT2D eigenvalue weighted by Gasteiger charge is -2.10. The quantitative estimate of drug-likeness (QED) is 0.609. The lowest BCUT2D eigenvalue weighted by atomic mass is 10.1. The van der Waals surface area contributed by atoms with Crippen LogP contribution in [-0.2, 0) is 11.3 Å². The van der Waals surface area contributed by atoms with Gasteiger partial charge in [-0.1, -0.05) is 5.21 Å². The molecule has 0 aliphatic heterocycles. The molecule has 2 aromatic rings. The van der Waals surface area contributed by atoms with E-state index in [1.54, 1.807) is 35.3 Å². The molecule has 0 aliphatic carbocycles. The van der Waals surface area contributed by atoms with Crippen LogP contribution >= 0.6 is 0 Å². The fraction of sp³-hybridized carbons (Fsp3) is 0.250. The van der Waals surface area contributed by atoms with Gasteiger partial charge in [0.25, 0.3) is 0 Å². The summed E-state index contributed by atoms with van der Waals surface area (Å²) in [6.07, 6.45) is 3.41. The molecule has 19 heavy (non-hydrogen) atoms. The molecule has 0 fully saturated rings. The van der Waals surface area contributed by atoms with Gasteiger partial charge in [-0.25, -0.2) is 4.79 Å². The maximum absolute atomic E-state index is 11.3. The highest BCUT2D eigenvalue weighted by atomic mass is 16.5. The van der Waals surface area contributed by atoms with Crippen LogP contribution in [0.4, 0.5) is 11.4 Å². The minimum atomic E-state index is -0.402. The van der Waals surface area contributed by atoms with Gasteiger partial charge >= 0.3 is 5.97 Å². The number of anilines is 2. The van der Waals surface area contributed by atoms with Gasteiger partial charge in [-0.3, -0.25) is 4.68 Å². The molecule has 0 saturated heterocycles. The number of carbonyl (C=O) groups excluding carboxylic acids is 1. The first-order chi connectivity index (χ1) is 9.20. The smallest absolute Gasteiger partial charge is 0.337 e. The van der Waals surface area contributed by atoms with Crippen LogP contribution in [0.3, 0.4) is 0 Å². The zero-order chi connectivity index (χ0) is 13.7. The van der Waals surface area contributed by atoms with Crippen LogP contribution in [0.25, 0.3) is 0 Å². The van der Waals surface area contributed by atoms with E-state index in [4.69, 9.17) is 5.73 Å². The molecule has 0 atom stereocenters. The number of aromatic nitrogens is 3. The molecule has 1 aromatic heterocycles. The standard InChI is InChI=1S/C12H15N5O2/c1-19-12(18)9-2-3-11(10(13)8-9)14-4-6-17-7-5-15-16-17/h2-3,5,7-8,14H,4,6,13H2,1H3. The van der Waals surface area contributed by atoms with Gasteiger partial charge in [-0.15, -0.1) is 5.10 Å². The summed E-state index contributed by atoms with van der Waals surface area (Å²) >= 11 is 0. The van der Waals surface area contributed by atoms with E-state index in [1.807, 2.05) is 0 Å². The number of esters is 1. The predicted octanol–water partition coefficient (Wildman–Crippen LogP) is 0.759. The molecule has 0 unspecified atom stereocenters. The van der Waals surface area contributed by atoms with Crippen LogP contribution in [0.5, 0.6) is 0 Å². The first kappa shape index (κ1) is 12.9. The van der Waals surface area contributed by atoms with E-state index in [9.17, 15) is 4.79 Å². The van der Waals surface area contributed by atoms with E-state index in [0.717, 1.165) is 5.69 Å². The van der Waals surface area contributed by atoms with Gasteiger partial charge in [-0.2, -0.15) is 0 Å². The molecule has 0 amide bonds. The number of nitrogens with two attached hydrogens (primary N) is 1. The number of hydrogen-bond donors (Lipinski definition) is 2. The zero-order valence-corrected chi connectivity index (χ0v) is 10.5. The molecule has 1 aromatic carbocycles. The number of rotatable bonds is 5. The Morgan fingerprint density at radius 1 is 1.53 bits per heavy atom. The highest BCUT2D eigenvalue weighted by molar-refractivity contribution is 5.91.